The molecule has 0 saturated carbocycles. The topological polar surface area (TPSA) is 107 Å². The van der Waals surface area contributed by atoms with Gasteiger partial charge in [0.25, 0.3) is 0 Å². The lowest BCUT2D eigenvalue weighted by atomic mass is 10.0. The van der Waals surface area contributed by atoms with E-state index in [9.17, 15) is 14.7 Å². The van der Waals surface area contributed by atoms with Gasteiger partial charge < -0.3 is 20.6 Å². The number of nitrogens with one attached hydrogen (secondary N) is 1. The van der Waals surface area contributed by atoms with Gasteiger partial charge in [-0.1, -0.05) is 58.3 Å². The summed E-state index contributed by atoms with van der Waals surface area (Å²) in [4.78, 5) is 22.5. The summed E-state index contributed by atoms with van der Waals surface area (Å²) >= 11 is 0. The highest BCUT2D eigenvalue weighted by Gasteiger charge is 2.20. The molecule has 4 N–H and O–H groups in total. The standard InChI is InChI=1S/C17H33NO5/c1-2-3-4-5-6-7-8-9-10-14(20)13-16(21)18-15(11-12-19)17(22)23/h14-15,19-20H,2-13H2,1H3,(H,18,21)(H,22,23)/t14?,15-/m0/s1. The van der Waals surface area contributed by atoms with Crippen LogP contribution in [0.5, 0.6) is 0 Å². The predicted octanol–water partition coefficient (Wildman–Crippen LogP) is 2.22. The summed E-state index contributed by atoms with van der Waals surface area (Å²) < 4.78 is 0. The van der Waals surface area contributed by atoms with Gasteiger partial charge in [-0.3, -0.25) is 4.79 Å². The highest BCUT2D eigenvalue weighted by molar-refractivity contribution is 5.83. The van der Waals surface area contributed by atoms with Crippen LogP contribution >= 0.6 is 0 Å². The monoisotopic (exact) mass is 331 g/mol. The number of unbranched alkanes of at least 4 members (excludes halogenated alkanes) is 7. The largest absolute Gasteiger partial charge is 0.480 e. The number of carbonyl (C=O) groups excluding carboxylic acids is 1. The van der Waals surface area contributed by atoms with Crippen LogP contribution < -0.4 is 5.32 Å². The molecular formula is C17H33NO5. The molecule has 6 heteroatoms. The number of carbonyl (C=O) groups is 2. The van der Waals surface area contributed by atoms with E-state index in [1.54, 1.807) is 0 Å². The molecule has 2 atom stereocenters. The van der Waals surface area contributed by atoms with Crippen molar-refractivity contribution in [3.05, 3.63) is 0 Å². The van der Waals surface area contributed by atoms with E-state index in [2.05, 4.69) is 12.2 Å². The lowest BCUT2D eigenvalue weighted by molar-refractivity contribution is -0.142. The van der Waals surface area contributed by atoms with Gasteiger partial charge in [0.15, 0.2) is 0 Å². The molecule has 0 aliphatic rings. The molecule has 23 heavy (non-hydrogen) atoms. The van der Waals surface area contributed by atoms with E-state index in [4.69, 9.17) is 10.2 Å². The number of aliphatic carboxylic acids is 1. The van der Waals surface area contributed by atoms with E-state index in [-0.39, 0.29) is 19.4 Å². The molecule has 0 aromatic carbocycles. The summed E-state index contributed by atoms with van der Waals surface area (Å²) in [5, 5.41) is 29.8. The molecule has 0 aromatic heterocycles. The Bertz CT molecular complexity index is 322. The second kappa shape index (κ2) is 14.5. The van der Waals surface area contributed by atoms with Gasteiger partial charge >= 0.3 is 5.97 Å². The maximum Gasteiger partial charge on any atom is 0.326 e. The van der Waals surface area contributed by atoms with Crippen LogP contribution in [0.2, 0.25) is 0 Å². The summed E-state index contributed by atoms with van der Waals surface area (Å²) in [6, 6.07) is -1.09. The third-order valence-corrected chi connectivity index (χ3v) is 3.86. The van der Waals surface area contributed by atoms with Gasteiger partial charge in [-0.15, -0.1) is 0 Å². The van der Waals surface area contributed by atoms with Crippen molar-refractivity contribution in [1.82, 2.24) is 5.32 Å². The first kappa shape index (κ1) is 21.9. The van der Waals surface area contributed by atoms with E-state index in [1.807, 2.05) is 0 Å². The van der Waals surface area contributed by atoms with Gasteiger partial charge in [-0.25, -0.2) is 4.79 Å². The number of rotatable bonds is 15. The quantitative estimate of drug-likeness (QED) is 0.344. The third-order valence-electron chi connectivity index (χ3n) is 3.86. The van der Waals surface area contributed by atoms with Crippen LogP contribution in [0.4, 0.5) is 0 Å². The van der Waals surface area contributed by atoms with Crippen LogP contribution in [0.3, 0.4) is 0 Å². The van der Waals surface area contributed by atoms with Crippen LogP contribution in [-0.2, 0) is 9.59 Å². The predicted molar refractivity (Wildman–Crippen MR) is 89.1 cm³/mol. The van der Waals surface area contributed by atoms with Gasteiger partial charge in [0.05, 0.1) is 12.5 Å². The van der Waals surface area contributed by atoms with E-state index in [1.165, 1.54) is 32.1 Å². The number of amides is 1. The minimum absolute atomic E-state index is 0.0325. The van der Waals surface area contributed by atoms with Gasteiger partial charge in [0.1, 0.15) is 6.04 Å². The summed E-state index contributed by atoms with van der Waals surface area (Å²) in [6.07, 6.45) is 9.08. The minimum Gasteiger partial charge on any atom is -0.480 e. The fourth-order valence-corrected chi connectivity index (χ4v) is 2.47. The molecule has 0 radical (unpaired) electrons. The molecule has 0 spiro atoms. The summed E-state index contributed by atoms with van der Waals surface area (Å²) in [5.74, 6) is -1.66. The Morgan fingerprint density at radius 2 is 1.52 bits per heavy atom. The molecule has 136 valence electrons. The highest BCUT2D eigenvalue weighted by atomic mass is 16.4. The smallest absolute Gasteiger partial charge is 0.326 e. The fraction of sp³-hybridized carbons (Fsp3) is 0.882. The Morgan fingerprint density at radius 3 is 2.04 bits per heavy atom. The zero-order chi connectivity index (χ0) is 17.5. The number of aliphatic hydroxyl groups is 2. The lowest BCUT2D eigenvalue weighted by Crippen LogP contribution is -2.42. The second-order valence-corrected chi connectivity index (χ2v) is 6.09. The molecule has 0 fully saturated rings. The summed E-state index contributed by atoms with van der Waals surface area (Å²) in [5.41, 5.74) is 0. The Morgan fingerprint density at radius 1 is 0.957 bits per heavy atom. The zero-order valence-electron chi connectivity index (χ0n) is 14.3. The molecule has 0 saturated heterocycles. The van der Waals surface area contributed by atoms with Crippen LogP contribution in [0.15, 0.2) is 0 Å². The van der Waals surface area contributed by atoms with Crippen molar-refractivity contribution >= 4 is 11.9 Å². The van der Waals surface area contributed by atoms with Gasteiger partial charge in [0, 0.05) is 13.0 Å². The second-order valence-electron chi connectivity index (χ2n) is 6.09. The maximum atomic E-state index is 11.7. The first-order chi connectivity index (χ1) is 11.0. The molecule has 0 aliphatic heterocycles. The van der Waals surface area contributed by atoms with Crippen LogP contribution in [0.25, 0.3) is 0 Å². The van der Waals surface area contributed by atoms with Crippen molar-refractivity contribution in [2.24, 2.45) is 0 Å². The number of aliphatic hydroxyl groups excluding tert-OH is 2. The summed E-state index contributed by atoms with van der Waals surface area (Å²) in [7, 11) is 0. The van der Waals surface area contributed by atoms with Crippen molar-refractivity contribution in [2.45, 2.75) is 89.7 Å². The van der Waals surface area contributed by atoms with Gasteiger partial charge in [-0.2, -0.15) is 0 Å². The Balaban J connectivity index is 3.70. The molecule has 0 aliphatic carbocycles. The normalized spacial score (nSPS) is 13.5. The Hall–Kier alpha value is -1.14. The maximum absolute atomic E-state index is 11.7. The molecule has 0 aromatic rings. The average molecular weight is 331 g/mol. The first-order valence-electron chi connectivity index (χ1n) is 8.82. The molecule has 1 unspecified atom stereocenters. The van der Waals surface area contributed by atoms with Crippen LogP contribution in [0.1, 0.15) is 77.6 Å². The zero-order valence-corrected chi connectivity index (χ0v) is 14.3. The molecular weight excluding hydrogens is 298 g/mol. The SMILES string of the molecule is CCCCCCCCCCC(O)CC(=O)N[C@@H](CCO)C(=O)O. The molecule has 1 amide bonds. The van der Waals surface area contributed by atoms with E-state index in [0.717, 1.165) is 19.3 Å². The summed E-state index contributed by atoms with van der Waals surface area (Å²) in [6.45, 7) is 1.89. The van der Waals surface area contributed by atoms with Crippen molar-refractivity contribution in [3.8, 4) is 0 Å². The first-order valence-corrected chi connectivity index (χ1v) is 8.82. The molecule has 6 nitrogen and oxygen atoms in total. The minimum atomic E-state index is -1.18. The number of hydrogen-bond donors (Lipinski definition) is 4. The Kier molecular flexibility index (Phi) is 13.7. The Labute approximate surface area is 139 Å². The van der Waals surface area contributed by atoms with E-state index < -0.39 is 24.0 Å². The van der Waals surface area contributed by atoms with Crippen molar-refractivity contribution in [2.75, 3.05) is 6.61 Å². The van der Waals surface area contributed by atoms with Crippen LogP contribution in [0, 0.1) is 0 Å². The van der Waals surface area contributed by atoms with Crippen molar-refractivity contribution in [3.63, 3.8) is 0 Å². The lowest BCUT2D eigenvalue weighted by Gasteiger charge is -2.15. The van der Waals surface area contributed by atoms with Gasteiger partial charge in [0.2, 0.25) is 5.91 Å². The molecule has 0 rings (SSSR count). The van der Waals surface area contributed by atoms with Crippen molar-refractivity contribution in [1.29, 1.82) is 0 Å². The fourth-order valence-electron chi connectivity index (χ4n) is 2.47. The molecule has 0 heterocycles. The highest BCUT2D eigenvalue weighted by Crippen LogP contribution is 2.11. The van der Waals surface area contributed by atoms with Crippen molar-refractivity contribution < 1.29 is 24.9 Å². The van der Waals surface area contributed by atoms with Crippen LogP contribution in [-0.4, -0.2) is 45.9 Å². The van der Waals surface area contributed by atoms with E-state index >= 15 is 0 Å². The van der Waals surface area contributed by atoms with E-state index in [0.29, 0.717) is 6.42 Å². The number of carboxylic acid groups (broad SMARTS) is 1. The molecule has 0 bridgehead atoms. The van der Waals surface area contributed by atoms with Gasteiger partial charge in [-0.05, 0) is 6.42 Å². The number of carboxylic acids is 1. The average Bonchev–Trinajstić information content (AvgIpc) is 2.49. The number of hydrogen-bond acceptors (Lipinski definition) is 4. The third kappa shape index (κ3) is 13.0.